The van der Waals surface area contributed by atoms with E-state index in [1.165, 1.54) is 0 Å². The maximum Gasteiger partial charge on any atom is 0.330 e. The summed E-state index contributed by atoms with van der Waals surface area (Å²) in [5.74, 6) is -0.955. The minimum atomic E-state index is -1.77. The van der Waals surface area contributed by atoms with Crippen LogP contribution in [0.2, 0.25) is 0 Å². The van der Waals surface area contributed by atoms with Crippen LogP contribution in [0.15, 0.2) is 12.7 Å². The van der Waals surface area contributed by atoms with Crippen molar-refractivity contribution >= 4 is 5.97 Å². The summed E-state index contributed by atoms with van der Waals surface area (Å²) in [7, 11) is 0. The molecule has 0 aliphatic carbocycles. The minimum Gasteiger partial charge on any atom is -0.453 e. The molecule has 0 saturated carbocycles. The van der Waals surface area contributed by atoms with E-state index in [-0.39, 0.29) is 0 Å². The molecule has 10 atom stereocenters. The van der Waals surface area contributed by atoms with Gasteiger partial charge < -0.3 is 54.7 Å². The molecule has 0 bridgehead atoms. The van der Waals surface area contributed by atoms with Crippen LogP contribution in [0.5, 0.6) is 0 Å². The lowest BCUT2D eigenvalue weighted by Crippen LogP contribution is -2.64. The molecule has 0 aromatic heterocycles. The Morgan fingerprint density at radius 2 is 1.37 bits per heavy atom. The zero-order chi connectivity index (χ0) is 20.3. The van der Waals surface area contributed by atoms with E-state index in [0.29, 0.717) is 0 Å². The largest absolute Gasteiger partial charge is 0.453 e. The molecule has 0 amide bonds. The lowest BCUT2D eigenvalue weighted by Gasteiger charge is -2.45. The quantitative estimate of drug-likeness (QED) is 0.168. The fourth-order valence-corrected chi connectivity index (χ4v) is 2.80. The van der Waals surface area contributed by atoms with E-state index in [9.17, 15) is 40.5 Å². The van der Waals surface area contributed by atoms with Gasteiger partial charge in [0.25, 0.3) is 0 Å². The fourth-order valence-electron chi connectivity index (χ4n) is 2.80. The van der Waals surface area contributed by atoms with Crippen LogP contribution in [-0.2, 0) is 23.7 Å². The molecule has 2 fully saturated rings. The SMILES string of the molecule is C=CC(=O)O[C@@H]1[C@@H](O)[C@@H](O[C@H]2O[C@H](CO)[C@@H](O)[C@H](O)[C@H]2O)O[C@H](CO)[C@H]1O. The van der Waals surface area contributed by atoms with Crippen molar-refractivity contribution in [3.8, 4) is 0 Å². The number of carbonyl (C=O) groups excluding carboxylic acids is 1. The normalized spacial score (nSPS) is 45.3. The van der Waals surface area contributed by atoms with Crippen molar-refractivity contribution in [2.45, 2.75) is 61.4 Å². The van der Waals surface area contributed by atoms with Gasteiger partial charge in [0, 0.05) is 6.08 Å². The molecule has 2 heterocycles. The van der Waals surface area contributed by atoms with Crippen molar-refractivity contribution in [2.75, 3.05) is 13.2 Å². The van der Waals surface area contributed by atoms with Gasteiger partial charge in [0.15, 0.2) is 18.7 Å². The van der Waals surface area contributed by atoms with Crippen LogP contribution in [-0.4, -0.2) is 116 Å². The summed E-state index contributed by atoms with van der Waals surface area (Å²) in [5.41, 5.74) is 0. The first-order valence-corrected chi connectivity index (χ1v) is 8.16. The Bertz CT molecular complexity index is 513. The van der Waals surface area contributed by atoms with Gasteiger partial charge in [-0.3, -0.25) is 0 Å². The summed E-state index contributed by atoms with van der Waals surface area (Å²) in [6.07, 6.45) is -15.1. The Morgan fingerprint density at radius 1 is 0.852 bits per heavy atom. The minimum absolute atomic E-state index is 0.698. The van der Waals surface area contributed by atoms with Gasteiger partial charge in [-0.05, 0) is 0 Å². The number of hydrogen-bond acceptors (Lipinski definition) is 12. The monoisotopic (exact) mass is 396 g/mol. The molecule has 2 saturated heterocycles. The van der Waals surface area contributed by atoms with Gasteiger partial charge in [0.2, 0.25) is 0 Å². The summed E-state index contributed by atoms with van der Waals surface area (Å²) >= 11 is 0. The van der Waals surface area contributed by atoms with E-state index >= 15 is 0 Å². The van der Waals surface area contributed by atoms with Crippen LogP contribution in [0.25, 0.3) is 0 Å². The average molecular weight is 396 g/mol. The molecule has 0 radical (unpaired) electrons. The van der Waals surface area contributed by atoms with E-state index in [1.54, 1.807) is 0 Å². The Balaban J connectivity index is 2.15. The number of aliphatic hydroxyl groups is 7. The van der Waals surface area contributed by atoms with Gasteiger partial charge in [0.1, 0.15) is 42.7 Å². The van der Waals surface area contributed by atoms with Crippen LogP contribution < -0.4 is 0 Å². The van der Waals surface area contributed by atoms with Crippen LogP contribution in [0.1, 0.15) is 0 Å². The third kappa shape index (κ3) is 4.63. The first-order chi connectivity index (χ1) is 12.7. The molecule has 0 unspecified atom stereocenters. The molecule has 7 N–H and O–H groups in total. The number of ether oxygens (including phenoxy) is 4. The summed E-state index contributed by atoms with van der Waals surface area (Å²) in [4.78, 5) is 11.4. The molecule has 0 aromatic carbocycles. The second kappa shape index (κ2) is 9.34. The van der Waals surface area contributed by atoms with Gasteiger partial charge in [-0.25, -0.2) is 4.79 Å². The number of hydrogen-bond donors (Lipinski definition) is 7. The first-order valence-electron chi connectivity index (χ1n) is 8.16. The summed E-state index contributed by atoms with van der Waals surface area (Å²) in [6.45, 7) is 1.78. The predicted molar refractivity (Wildman–Crippen MR) is 82.7 cm³/mol. The zero-order valence-electron chi connectivity index (χ0n) is 14.1. The van der Waals surface area contributed by atoms with E-state index < -0.39 is 80.6 Å². The lowest BCUT2D eigenvalue weighted by molar-refractivity contribution is -0.376. The number of rotatable bonds is 6. The molecule has 0 aromatic rings. The van der Waals surface area contributed by atoms with Crippen molar-refractivity contribution in [3.05, 3.63) is 12.7 Å². The molecular weight excluding hydrogens is 372 g/mol. The number of aliphatic hydroxyl groups excluding tert-OH is 7. The number of esters is 1. The first kappa shape index (κ1) is 22.1. The summed E-state index contributed by atoms with van der Waals surface area (Å²) in [5, 5.41) is 68.4. The van der Waals surface area contributed by atoms with Crippen LogP contribution in [0.3, 0.4) is 0 Å². The van der Waals surface area contributed by atoms with Crippen LogP contribution in [0.4, 0.5) is 0 Å². The molecule has 12 heteroatoms. The van der Waals surface area contributed by atoms with Crippen molar-refractivity contribution < 1.29 is 59.5 Å². The Hall–Kier alpha value is -1.19. The molecule has 2 rings (SSSR count). The second-order valence-corrected chi connectivity index (χ2v) is 6.15. The van der Waals surface area contributed by atoms with Crippen molar-refractivity contribution in [2.24, 2.45) is 0 Å². The molecule has 0 spiro atoms. The standard InChI is InChI=1S/C15H24O12/c1-2-7(18)26-13-9(20)6(4-17)25-15(12(13)23)27-14-11(22)10(21)8(19)5(3-16)24-14/h2,5-6,8-17,19-23H,1,3-4H2/t5-,6-,8-,9-,10+,11-,12-,13+,14-,15-/m1/s1. The molecule has 27 heavy (non-hydrogen) atoms. The number of carbonyl (C=O) groups is 1. The molecule has 12 nitrogen and oxygen atoms in total. The molecular formula is C15H24O12. The predicted octanol–water partition coefficient (Wildman–Crippen LogP) is -4.66. The maximum atomic E-state index is 11.4. The van der Waals surface area contributed by atoms with Gasteiger partial charge in [0.05, 0.1) is 13.2 Å². The topological polar surface area (TPSA) is 196 Å². The average Bonchev–Trinajstić information content (AvgIpc) is 2.67. The Morgan fingerprint density at radius 3 is 1.89 bits per heavy atom. The summed E-state index contributed by atoms with van der Waals surface area (Å²) in [6, 6.07) is 0. The molecule has 2 aliphatic rings. The van der Waals surface area contributed by atoms with Crippen LogP contribution >= 0.6 is 0 Å². The van der Waals surface area contributed by atoms with Crippen molar-refractivity contribution in [3.63, 3.8) is 0 Å². The highest BCUT2D eigenvalue weighted by atomic mass is 16.8. The maximum absolute atomic E-state index is 11.4. The van der Waals surface area contributed by atoms with Gasteiger partial charge in [-0.2, -0.15) is 0 Å². The van der Waals surface area contributed by atoms with E-state index in [4.69, 9.17) is 18.9 Å². The van der Waals surface area contributed by atoms with Crippen molar-refractivity contribution in [1.29, 1.82) is 0 Å². The van der Waals surface area contributed by atoms with Gasteiger partial charge in [-0.15, -0.1) is 0 Å². The second-order valence-electron chi connectivity index (χ2n) is 6.15. The van der Waals surface area contributed by atoms with E-state index in [0.717, 1.165) is 6.08 Å². The highest BCUT2D eigenvalue weighted by Crippen LogP contribution is 2.29. The zero-order valence-corrected chi connectivity index (χ0v) is 14.1. The lowest BCUT2D eigenvalue weighted by atomic mass is 9.98. The van der Waals surface area contributed by atoms with Gasteiger partial charge >= 0.3 is 5.97 Å². The van der Waals surface area contributed by atoms with Crippen LogP contribution in [0, 0.1) is 0 Å². The third-order valence-corrected chi connectivity index (χ3v) is 4.36. The molecule has 156 valence electrons. The van der Waals surface area contributed by atoms with Crippen molar-refractivity contribution in [1.82, 2.24) is 0 Å². The highest BCUT2D eigenvalue weighted by molar-refractivity contribution is 5.81. The van der Waals surface area contributed by atoms with Gasteiger partial charge in [-0.1, -0.05) is 6.58 Å². The van der Waals surface area contributed by atoms with E-state index in [1.807, 2.05) is 0 Å². The molecule has 2 aliphatic heterocycles. The Kier molecular flexibility index (Phi) is 7.64. The summed E-state index contributed by atoms with van der Waals surface area (Å²) < 4.78 is 20.5. The third-order valence-electron chi connectivity index (χ3n) is 4.36. The van der Waals surface area contributed by atoms with E-state index in [2.05, 4.69) is 6.58 Å². The smallest absolute Gasteiger partial charge is 0.330 e. The highest BCUT2D eigenvalue weighted by Gasteiger charge is 2.51. The Labute approximate surface area is 153 Å². The fraction of sp³-hybridized carbons (Fsp3) is 0.800.